The lowest BCUT2D eigenvalue weighted by molar-refractivity contribution is 0.338. The maximum Gasteiger partial charge on any atom is 0.266 e. The Hall–Kier alpha value is -3.29. The lowest BCUT2D eigenvalue weighted by Crippen LogP contribution is -2.22. The van der Waals surface area contributed by atoms with Crippen LogP contribution in [0.2, 0.25) is 0 Å². The van der Waals surface area contributed by atoms with Gasteiger partial charge in [0.1, 0.15) is 5.75 Å². The molecule has 0 saturated heterocycles. The Morgan fingerprint density at radius 3 is 2.69 bits per heavy atom. The van der Waals surface area contributed by atoms with E-state index in [0.29, 0.717) is 52.7 Å². The van der Waals surface area contributed by atoms with Gasteiger partial charge in [-0.05, 0) is 37.6 Å². The molecule has 0 spiro atoms. The highest BCUT2D eigenvalue weighted by molar-refractivity contribution is 7.99. The Kier molecular flexibility index (Phi) is 6.89. The van der Waals surface area contributed by atoms with Crippen molar-refractivity contribution in [3.8, 4) is 23.6 Å². The molecule has 1 heterocycles. The van der Waals surface area contributed by atoms with Crippen LogP contribution in [0.25, 0.3) is 16.6 Å². The number of para-hydroxylation sites is 3. The quantitative estimate of drug-likeness (QED) is 0.410. The fourth-order valence-electron chi connectivity index (χ4n) is 2.94. The minimum absolute atomic E-state index is 0.184. The van der Waals surface area contributed by atoms with E-state index in [1.807, 2.05) is 43.3 Å². The SMILES string of the molecule is CCOc1ccccc1-n1c(SC[C@@H](C#N)CCC#N)nc2ccccc2c1=O. The van der Waals surface area contributed by atoms with E-state index in [2.05, 4.69) is 12.1 Å². The van der Waals surface area contributed by atoms with E-state index in [4.69, 9.17) is 15.0 Å². The largest absolute Gasteiger partial charge is 0.492 e. The Labute approximate surface area is 173 Å². The molecule has 0 fully saturated rings. The van der Waals surface area contributed by atoms with E-state index in [9.17, 15) is 10.1 Å². The molecule has 1 aromatic heterocycles. The first-order valence-electron chi connectivity index (χ1n) is 9.33. The van der Waals surface area contributed by atoms with E-state index in [1.54, 1.807) is 16.7 Å². The predicted octanol–water partition coefficient (Wildman–Crippen LogP) is 4.32. The number of benzene rings is 2. The molecule has 6 nitrogen and oxygen atoms in total. The highest BCUT2D eigenvalue weighted by Gasteiger charge is 2.18. The standard InChI is InChI=1S/C22H20N4O2S/c1-2-28-20-12-6-5-11-19(20)26-21(27)17-9-3-4-10-18(17)25-22(26)29-15-16(14-24)8-7-13-23/h3-6,9-12,16H,2,7-8,15H2,1H3/t16-/m1/s1. The van der Waals surface area contributed by atoms with E-state index < -0.39 is 0 Å². The van der Waals surface area contributed by atoms with Gasteiger partial charge in [0.25, 0.3) is 5.56 Å². The fraction of sp³-hybridized carbons (Fsp3) is 0.273. The number of hydrogen-bond donors (Lipinski definition) is 0. The molecule has 0 radical (unpaired) electrons. The molecule has 3 aromatic rings. The second-order valence-electron chi connectivity index (χ2n) is 6.29. The molecule has 7 heteroatoms. The number of fused-ring (bicyclic) bond motifs is 1. The van der Waals surface area contributed by atoms with Crippen molar-refractivity contribution < 1.29 is 4.74 Å². The monoisotopic (exact) mass is 404 g/mol. The number of hydrogen-bond acceptors (Lipinski definition) is 6. The van der Waals surface area contributed by atoms with Crippen molar-refractivity contribution in [3.05, 3.63) is 58.9 Å². The van der Waals surface area contributed by atoms with Crippen LogP contribution in [0, 0.1) is 28.6 Å². The topological polar surface area (TPSA) is 91.7 Å². The molecule has 0 saturated carbocycles. The number of rotatable bonds is 8. The third-order valence-electron chi connectivity index (χ3n) is 4.35. The minimum atomic E-state index is -0.293. The Morgan fingerprint density at radius 2 is 1.93 bits per heavy atom. The molecule has 29 heavy (non-hydrogen) atoms. The van der Waals surface area contributed by atoms with Gasteiger partial charge in [-0.1, -0.05) is 36.0 Å². The highest BCUT2D eigenvalue weighted by Crippen LogP contribution is 2.28. The van der Waals surface area contributed by atoms with Gasteiger partial charge >= 0.3 is 0 Å². The second kappa shape index (κ2) is 9.77. The van der Waals surface area contributed by atoms with Gasteiger partial charge in [0.05, 0.1) is 41.3 Å². The molecule has 0 amide bonds. The zero-order valence-corrected chi connectivity index (χ0v) is 16.9. The van der Waals surface area contributed by atoms with Crippen LogP contribution in [0.3, 0.4) is 0 Å². The van der Waals surface area contributed by atoms with Gasteiger partial charge in [0.15, 0.2) is 5.16 Å². The Bertz CT molecular complexity index is 1140. The molecule has 2 aromatic carbocycles. The zero-order chi connectivity index (χ0) is 20.6. The zero-order valence-electron chi connectivity index (χ0n) is 16.0. The van der Waals surface area contributed by atoms with Gasteiger partial charge in [-0.15, -0.1) is 0 Å². The number of thioether (sulfide) groups is 1. The molecule has 0 aliphatic rings. The van der Waals surface area contributed by atoms with Crippen LogP contribution in [0.5, 0.6) is 5.75 Å². The Morgan fingerprint density at radius 1 is 1.17 bits per heavy atom. The van der Waals surface area contributed by atoms with Gasteiger partial charge < -0.3 is 4.74 Å². The molecule has 0 aliphatic carbocycles. The number of nitrogens with zero attached hydrogens (tertiary/aromatic N) is 4. The summed E-state index contributed by atoms with van der Waals surface area (Å²) >= 11 is 1.35. The summed E-state index contributed by atoms with van der Waals surface area (Å²) in [4.78, 5) is 18.0. The molecule has 0 aliphatic heterocycles. The van der Waals surface area contributed by atoms with Gasteiger partial charge in [0.2, 0.25) is 0 Å². The van der Waals surface area contributed by atoms with Crippen molar-refractivity contribution in [2.45, 2.75) is 24.9 Å². The third kappa shape index (κ3) is 4.59. The molecule has 1 atom stereocenters. The lowest BCUT2D eigenvalue weighted by atomic mass is 10.1. The number of nitriles is 2. The summed E-state index contributed by atoms with van der Waals surface area (Å²) in [6, 6.07) is 18.9. The first-order valence-corrected chi connectivity index (χ1v) is 10.3. The normalized spacial score (nSPS) is 11.6. The van der Waals surface area contributed by atoms with Crippen molar-refractivity contribution >= 4 is 22.7 Å². The van der Waals surface area contributed by atoms with E-state index in [1.165, 1.54) is 11.8 Å². The van der Waals surface area contributed by atoms with Crippen LogP contribution in [0.15, 0.2) is 58.5 Å². The van der Waals surface area contributed by atoms with Crippen molar-refractivity contribution in [2.75, 3.05) is 12.4 Å². The summed E-state index contributed by atoms with van der Waals surface area (Å²) in [6.07, 6.45) is 0.817. The van der Waals surface area contributed by atoms with Crippen molar-refractivity contribution in [1.29, 1.82) is 10.5 Å². The molecular formula is C22H20N4O2S. The van der Waals surface area contributed by atoms with Gasteiger partial charge in [0, 0.05) is 12.2 Å². The first kappa shape index (κ1) is 20.4. The summed E-state index contributed by atoms with van der Waals surface area (Å²) in [6.45, 7) is 2.36. The van der Waals surface area contributed by atoms with E-state index in [-0.39, 0.29) is 11.5 Å². The molecule has 146 valence electrons. The van der Waals surface area contributed by atoms with E-state index >= 15 is 0 Å². The van der Waals surface area contributed by atoms with Crippen LogP contribution in [-0.2, 0) is 0 Å². The van der Waals surface area contributed by atoms with Crippen molar-refractivity contribution in [1.82, 2.24) is 9.55 Å². The summed E-state index contributed by atoms with van der Waals surface area (Å²) in [5.74, 6) is 0.746. The Balaban J connectivity index is 2.11. The van der Waals surface area contributed by atoms with Crippen molar-refractivity contribution in [2.24, 2.45) is 5.92 Å². The van der Waals surface area contributed by atoms with Gasteiger partial charge in [-0.25, -0.2) is 4.98 Å². The van der Waals surface area contributed by atoms with Crippen LogP contribution >= 0.6 is 11.8 Å². The minimum Gasteiger partial charge on any atom is -0.492 e. The first-order chi connectivity index (χ1) is 14.2. The summed E-state index contributed by atoms with van der Waals surface area (Å²) in [5, 5.41) is 19.2. The van der Waals surface area contributed by atoms with Gasteiger partial charge in [-0.2, -0.15) is 10.5 Å². The fourth-order valence-corrected chi connectivity index (χ4v) is 4.00. The summed E-state index contributed by atoms with van der Waals surface area (Å²) in [7, 11) is 0. The summed E-state index contributed by atoms with van der Waals surface area (Å²) < 4.78 is 7.28. The van der Waals surface area contributed by atoms with Crippen LogP contribution < -0.4 is 10.3 Å². The lowest BCUT2D eigenvalue weighted by Gasteiger charge is -2.17. The highest BCUT2D eigenvalue weighted by atomic mass is 32.2. The molecule has 3 rings (SSSR count). The maximum absolute atomic E-state index is 13.3. The second-order valence-corrected chi connectivity index (χ2v) is 7.27. The molecule has 0 bridgehead atoms. The molecule has 0 N–H and O–H groups in total. The van der Waals surface area contributed by atoms with E-state index in [0.717, 1.165) is 0 Å². The number of ether oxygens (including phenoxy) is 1. The van der Waals surface area contributed by atoms with Crippen LogP contribution in [-0.4, -0.2) is 21.9 Å². The average Bonchev–Trinajstić information content (AvgIpc) is 2.75. The average molecular weight is 404 g/mol. The van der Waals surface area contributed by atoms with Crippen LogP contribution in [0.1, 0.15) is 19.8 Å². The smallest absolute Gasteiger partial charge is 0.266 e. The maximum atomic E-state index is 13.3. The third-order valence-corrected chi connectivity index (χ3v) is 5.45. The number of aromatic nitrogens is 2. The predicted molar refractivity (Wildman–Crippen MR) is 113 cm³/mol. The van der Waals surface area contributed by atoms with Gasteiger partial charge in [-0.3, -0.25) is 9.36 Å². The molecule has 0 unspecified atom stereocenters. The summed E-state index contributed by atoms with van der Waals surface area (Å²) in [5.41, 5.74) is 1.04. The van der Waals surface area contributed by atoms with Crippen molar-refractivity contribution in [3.63, 3.8) is 0 Å². The molecular weight excluding hydrogens is 384 g/mol. The van der Waals surface area contributed by atoms with Crippen LogP contribution in [0.4, 0.5) is 0 Å².